The van der Waals surface area contributed by atoms with Crippen LogP contribution in [-0.2, 0) is 20.5 Å². The molecule has 0 unspecified atom stereocenters. The molecule has 2 amide bonds. The van der Waals surface area contributed by atoms with Gasteiger partial charge in [-0.1, -0.05) is 48.5 Å². The summed E-state index contributed by atoms with van der Waals surface area (Å²) in [5.41, 5.74) is 1.52. The van der Waals surface area contributed by atoms with E-state index in [4.69, 9.17) is 4.74 Å². The third-order valence-electron chi connectivity index (χ3n) is 8.98. The molecule has 2 N–H and O–H groups in total. The molecule has 0 saturated carbocycles. The van der Waals surface area contributed by atoms with E-state index in [0.717, 1.165) is 29.7 Å². The number of nitrogens with zero attached hydrogens (tertiary/aromatic N) is 1. The molecule has 2 fully saturated rings. The summed E-state index contributed by atoms with van der Waals surface area (Å²) in [6.45, 7) is 2.59. The zero-order chi connectivity index (χ0) is 25.5. The first-order chi connectivity index (χ1) is 18.0. The molecule has 3 aromatic carbocycles. The second-order valence-corrected chi connectivity index (χ2v) is 10.4. The van der Waals surface area contributed by atoms with Crippen molar-refractivity contribution in [1.29, 1.82) is 0 Å². The lowest BCUT2D eigenvalue weighted by Gasteiger charge is -2.43. The lowest BCUT2D eigenvalue weighted by molar-refractivity contribution is -0.137. The van der Waals surface area contributed by atoms with Gasteiger partial charge in [0.05, 0.1) is 13.0 Å². The smallest absolute Gasteiger partial charge is 0.251 e. The first-order valence-electron chi connectivity index (χ1n) is 12.7. The van der Waals surface area contributed by atoms with Crippen LogP contribution in [0, 0.1) is 12.8 Å². The number of rotatable bonds is 3. The minimum absolute atomic E-state index is 0.145. The molecule has 0 aromatic heterocycles. The molecular formula is C30H27N3O4. The summed E-state index contributed by atoms with van der Waals surface area (Å²) in [4.78, 5) is 45.6. The van der Waals surface area contributed by atoms with E-state index in [9.17, 15) is 14.4 Å². The van der Waals surface area contributed by atoms with Crippen LogP contribution in [0.4, 0.5) is 11.4 Å². The van der Waals surface area contributed by atoms with Gasteiger partial charge in [-0.25, -0.2) is 0 Å². The maximum atomic E-state index is 14.6. The Morgan fingerprint density at radius 2 is 1.76 bits per heavy atom. The Hall–Kier alpha value is -3.97. The fraction of sp³-hybridized carbons (Fsp3) is 0.300. The number of aryl methyl sites for hydroxylation is 1. The van der Waals surface area contributed by atoms with E-state index < -0.39 is 16.9 Å². The third-order valence-corrected chi connectivity index (χ3v) is 8.98. The van der Waals surface area contributed by atoms with E-state index in [1.54, 1.807) is 31.4 Å². The van der Waals surface area contributed by atoms with E-state index >= 15 is 0 Å². The van der Waals surface area contributed by atoms with Crippen LogP contribution in [-0.4, -0.2) is 42.2 Å². The van der Waals surface area contributed by atoms with Crippen molar-refractivity contribution in [3.63, 3.8) is 0 Å². The number of hydrogen-bond donors (Lipinski definition) is 2. The number of amides is 2. The highest BCUT2D eigenvalue weighted by Gasteiger charge is 2.81. The largest absolute Gasteiger partial charge is 0.497 e. The molecule has 0 radical (unpaired) electrons. The Kier molecular flexibility index (Phi) is 4.52. The highest BCUT2D eigenvalue weighted by atomic mass is 16.5. The number of hydrogen-bond acceptors (Lipinski definition) is 5. The first kappa shape index (κ1) is 22.2. The summed E-state index contributed by atoms with van der Waals surface area (Å²) in [7, 11) is 1.57. The normalized spacial score (nSPS) is 29.2. The van der Waals surface area contributed by atoms with Gasteiger partial charge >= 0.3 is 0 Å². The standard InChI is InChI=1S/C30H27N3O4/c1-17-8-5-12-21-25(17)32-28(36)30(21)29(20-11-3-4-13-22(20)31-27(29)35)24(23-14-7-15-33(23)30)26(34)18-9-6-10-19(16-18)37-2/h3-6,8-13,16,23-24H,7,14-15H2,1-2H3,(H,31,35)(H,32,36)/t23-,24-,29-,30+/m0/s1. The van der Waals surface area contributed by atoms with Crippen molar-refractivity contribution < 1.29 is 19.1 Å². The predicted molar refractivity (Wildman–Crippen MR) is 139 cm³/mol. The second-order valence-electron chi connectivity index (χ2n) is 10.4. The summed E-state index contributed by atoms with van der Waals surface area (Å²) in [5.74, 6) is -0.867. The summed E-state index contributed by atoms with van der Waals surface area (Å²) in [5, 5.41) is 6.21. The molecule has 0 aliphatic carbocycles. The molecular weight excluding hydrogens is 466 g/mol. The van der Waals surface area contributed by atoms with E-state index in [1.807, 2.05) is 49.4 Å². The van der Waals surface area contributed by atoms with Crippen molar-refractivity contribution in [3.05, 3.63) is 89.0 Å². The molecule has 3 aromatic rings. The summed E-state index contributed by atoms with van der Waals surface area (Å²) in [6, 6.07) is 20.2. The minimum atomic E-state index is -1.43. The zero-order valence-corrected chi connectivity index (χ0v) is 20.7. The van der Waals surface area contributed by atoms with E-state index in [2.05, 4.69) is 15.5 Å². The summed E-state index contributed by atoms with van der Waals surface area (Å²) in [6.07, 6.45) is 1.58. The maximum Gasteiger partial charge on any atom is 0.251 e. The Balaban J connectivity index is 1.58. The van der Waals surface area contributed by atoms with Gasteiger partial charge in [0.1, 0.15) is 16.7 Å². The van der Waals surface area contributed by atoms with Gasteiger partial charge in [0.2, 0.25) is 5.91 Å². The second kappa shape index (κ2) is 7.52. The van der Waals surface area contributed by atoms with Crippen LogP contribution in [0.5, 0.6) is 5.75 Å². The quantitative estimate of drug-likeness (QED) is 0.538. The minimum Gasteiger partial charge on any atom is -0.497 e. The fourth-order valence-electron chi connectivity index (χ4n) is 7.71. The van der Waals surface area contributed by atoms with Crippen LogP contribution in [0.1, 0.15) is 39.9 Å². The molecule has 7 nitrogen and oxygen atoms in total. The zero-order valence-electron chi connectivity index (χ0n) is 20.7. The van der Waals surface area contributed by atoms with Gasteiger partial charge in [-0.2, -0.15) is 0 Å². The van der Waals surface area contributed by atoms with Gasteiger partial charge in [-0.3, -0.25) is 19.3 Å². The molecule has 2 saturated heterocycles. The third kappa shape index (κ3) is 2.48. The van der Waals surface area contributed by atoms with Crippen LogP contribution in [0.3, 0.4) is 0 Å². The molecule has 7 heteroatoms. The molecule has 0 bridgehead atoms. The van der Waals surface area contributed by atoms with Crippen LogP contribution >= 0.6 is 0 Å². The van der Waals surface area contributed by atoms with Gasteiger partial charge in [-0.05, 0) is 55.6 Å². The van der Waals surface area contributed by atoms with Crippen molar-refractivity contribution in [3.8, 4) is 5.75 Å². The highest BCUT2D eigenvalue weighted by molar-refractivity contribution is 6.21. The van der Waals surface area contributed by atoms with Crippen molar-refractivity contribution in [1.82, 2.24) is 4.90 Å². The Morgan fingerprint density at radius 1 is 0.973 bits per heavy atom. The van der Waals surface area contributed by atoms with E-state index in [-0.39, 0.29) is 23.6 Å². The molecule has 7 rings (SSSR count). The van der Waals surface area contributed by atoms with Gasteiger partial charge in [0.15, 0.2) is 5.78 Å². The number of para-hydroxylation sites is 2. The Bertz CT molecular complexity index is 1520. The number of nitrogens with one attached hydrogen (secondary N) is 2. The SMILES string of the molecule is COc1cccc(C(=O)[C@@H]2[C@@H]3CCCN3[C@]3(C(=O)Nc4c(C)cccc43)[C@]23C(=O)Nc2ccccc23)c1. The van der Waals surface area contributed by atoms with Crippen LogP contribution in [0.2, 0.25) is 0 Å². The molecule has 4 aliphatic heterocycles. The number of Topliss-reactive ketones (excluding diaryl/α,β-unsaturated/α-hetero) is 1. The molecule has 4 heterocycles. The number of carbonyl (C=O) groups is 3. The van der Waals surface area contributed by atoms with Crippen LogP contribution in [0.25, 0.3) is 0 Å². The topological polar surface area (TPSA) is 87.7 Å². The number of benzene rings is 3. The average Bonchev–Trinajstić information content (AvgIpc) is 3.63. The highest BCUT2D eigenvalue weighted by Crippen LogP contribution is 2.68. The van der Waals surface area contributed by atoms with Crippen LogP contribution in [0.15, 0.2) is 66.7 Å². The summed E-state index contributed by atoms with van der Waals surface area (Å²) < 4.78 is 5.41. The molecule has 4 aliphatic rings. The van der Waals surface area contributed by atoms with Crippen molar-refractivity contribution in [2.75, 3.05) is 24.3 Å². The van der Waals surface area contributed by atoms with Crippen molar-refractivity contribution >= 4 is 29.0 Å². The Morgan fingerprint density at radius 3 is 2.59 bits per heavy atom. The summed E-state index contributed by atoms with van der Waals surface area (Å²) >= 11 is 0. The predicted octanol–water partition coefficient (Wildman–Crippen LogP) is 4.02. The number of carbonyl (C=O) groups excluding carboxylic acids is 3. The molecule has 37 heavy (non-hydrogen) atoms. The molecule has 2 spiro atoms. The fourth-order valence-corrected chi connectivity index (χ4v) is 7.71. The Labute approximate surface area is 214 Å². The number of ketones is 1. The van der Waals surface area contributed by atoms with Gasteiger partial charge < -0.3 is 15.4 Å². The van der Waals surface area contributed by atoms with Gasteiger partial charge in [-0.15, -0.1) is 0 Å². The molecule has 4 atom stereocenters. The number of fused-ring (bicyclic) bond motifs is 7. The molecule has 186 valence electrons. The van der Waals surface area contributed by atoms with Gasteiger partial charge in [0.25, 0.3) is 5.91 Å². The van der Waals surface area contributed by atoms with E-state index in [0.29, 0.717) is 29.1 Å². The van der Waals surface area contributed by atoms with Crippen molar-refractivity contribution in [2.45, 2.75) is 36.8 Å². The number of ether oxygens (including phenoxy) is 1. The maximum absolute atomic E-state index is 14.6. The van der Waals surface area contributed by atoms with Crippen molar-refractivity contribution in [2.24, 2.45) is 5.92 Å². The number of anilines is 2. The van der Waals surface area contributed by atoms with E-state index in [1.165, 1.54) is 0 Å². The lowest BCUT2D eigenvalue weighted by atomic mass is 9.57. The lowest BCUT2D eigenvalue weighted by Crippen LogP contribution is -2.62. The van der Waals surface area contributed by atoms with Gasteiger partial charge in [0, 0.05) is 28.5 Å². The number of methoxy groups -OCH3 is 1. The average molecular weight is 494 g/mol. The first-order valence-corrected chi connectivity index (χ1v) is 12.7. The van der Waals surface area contributed by atoms with Crippen LogP contribution < -0.4 is 15.4 Å². The monoisotopic (exact) mass is 493 g/mol.